The molecule has 6 aromatic rings. The van der Waals surface area contributed by atoms with E-state index in [9.17, 15) is 0 Å². The zero-order chi connectivity index (χ0) is 27.3. The molecule has 0 fully saturated rings. The molecule has 0 atom stereocenters. The van der Waals surface area contributed by atoms with Crippen LogP contribution in [0, 0.1) is 13.8 Å². The molecular weight excluding hydrogens is 480 g/mol. The molecule has 0 unspecified atom stereocenters. The molecule has 192 valence electrons. The molecule has 0 aliphatic rings. The van der Waals surface area contributed by atoms with E-state index >= 15 is 0 Å². The number of rotatable bonds is 6. The molecule has 0 amide bonds. The number of aryl methyl sites for hydroxylation is 2. The molecule has 0 heteroatoms. The van der Waals surface area contributed by atoms with Crippen LogP contribution < -0.4 is 0 Å². The molecule has 0 N–H and O–H groups in total. The highest BCUT2D eigenvalue weighted by atomic mass is 14.0. The van der Waals surface area contributed by atoms with E-state index in [1.807, 2.05) is 0 Å². The average Bonchev–Trinajstić information content (AvgIpc) is 2.98. The Morgan fingerprint density at radius 1 is 0.300 bits per heavy atom. The van der Waals surface area contributed by atoms with Gasteiger partial charge in [-0.1, -0.05) is 145 Å². The van der Waals surface area contributed by atoms with Crippen LogP contribution in [-0.4, -0.2) is 0 Å². The summed E-state index contributed by atoms with van der Waals surface area (Å²) in [5, 5.41) is 5.00. The smallest absolute Gasteiger partial charge is 0.0178 e. The maximum Gasteiger partial charge on any atom is -0.0178 e. The predicted molar refractivity (Wildman–Crippen MR) is 177 cm³/mol. The van der Waals surface area contributed by atoms with Crippen molar-refractivity contribution in [1.82, 2.24) is 0 Å². The summed E-state index contributed by atoms with van der Waals surface area (Å²) in [4.78, 5) is 0. The molecule has 6 aromatic carbocycles. The Morgan fingerprint density at radius 3 is 0.850 bits per heavy atom. The van der Waals surface area contributed by atoms with E-state index in [1.54, 1.807) is 0 Å². The Balaban J connectivity index is 1.16. The lowest BCUT2D eigenvalue weighted by Crippen LogP contribution is -1.80. The molecule has 0 nitrogen and oxygen atoms in total. The molecular formula is C40H32. The van der Waals surface area contributed by atoms with E-state index in [1.165, 1.54) is 66.1 Å². The van der Waals surface area contributed by atoms with Crippen molar-refractivity contribution in [3.05, 3.63) is 166 Å². The molecule has 40 heavy (non-hydrogen) atoms. The number of benzene rings is 6. The van der Waals surface area contributed by atoms with Crippen molar-refractivity contribution in [3.8, 4) is 0 Å². The van der Waals surface area contributed by atoms with Gasteiger partial charge in [0.2, 0.25) is 0 Å². The molecule has 0 bridgehead atoms. The maximum absolute atomic E-state index is 2.26. The summed E-state index contributed by atoms with van der Waals surface area (Å²) in [6.45, 7) is 4.25. The van der Waals surface area contributed by atoms with Crippen LogP contribution in [0.4, 0.5) is 0 Å². The maximum atomic E-state index is 2.26. The van der Waals surface area contributed by atoms with Crippen molar-refractivity contribution in [2.75, 3.05) is 0 Å². The van der Waals surface area contributed by atoms with Gasteiger partial charge in [-0.3, -0.25) is 0 Å². The summed E-state index contributed by atoms with van der Waals surface area (Å²) in [5.74, 6) is 0. The van der Waals surface area contributed by atoms with Crippen LogP contribution in [0.2, 0.25) is 0 Å². The minimum absolute atomic E-state index is 1.20. The van der Waals surface area contributed by atoms with Gasteiger partial charge in [0, 0.05) is 0 Å². The van der Waals surface area contributed by atoms with Crippen molar-refractivity contribution in [2.45, 2.75) is 13.8 Å². The lowest BCUT2D eigenvalue weighted by atomic mass is 10.0. The Bertz CT molecular complexity index is 1770. The van der Waals surface area contributed by atoms with Gasteiger partial charge in [-0.25, -0.2) is 0 Å². The van der Waals surface area contributed by atoms with Crippen molar-refractivity contribution in [2.24, 2.45) is 0 Å². The third kappa shape index (κ3) is 6.20. The molecule has 0 radical (unpaired) electrons. The largest absolute Gasteiger partial charge is 0.0614 e. The van der Waals surface area contributed by atoms with E-state index in [0.717, 1.165) is 0 Å². The van der Waals surface area contributed by atoms with Crippen molar-refractivity contribution >= 4 is 58.0 Å². The van der Waals surface area contributed by atoms with Gasteiger partial charge < -0.3 is 0 Å². The van der Waals surface area contributed by atoms with Gasteiger partial charge in [0.05, 0.1) is 0 Å². The monoisotopic (exact) mass is 512 g/mol. The van der Waals surface area contributed by atoms with Gasteiger partial charge in [-0.05, 0) is 93.0 Å². The summed E-state index contributed by atoms with van der Waals surface area (Å²) >= 11 is 0. The standard InChI is InChI=1S/C40H32/c1-29-5-3-7-31(23-29)9-11-33-15-19-39-27-35(17-21-37(39)25-33)13-14-36-18-22-38-26-34(16-20-40(38)28-36)12-10-32-8-4-6-30(2)24-32/h3-28H,1-2H3. The lowest BCUT2D eigenvalue weighted by molar-refractivity contribution is 1.46. The van der Waals surface area contributed by atoms with Gasteiger partial charge in [-0.2, -0.15) is 0 Å². The van der Waals surface area contributed by atoms with Crippen LogP contribution in [-0.2, 0) is 0 Å². The van der Waals surface area contributed by atoms with E-state index in [-0.39, 0.29) is 0 Å². The number of hydrogen-bond donors (Lipinski definition) is 0. The van der Waals surface area contributed by atoms with Crippen molar-refractivity contribution < 1.29 is 0 Å². The SMILES string of the molecule is Cc1cccc(C=Cc2ccc3cc(C=Cc4ccc5cc(C=Cc6cccc(C)c6)ccc5c4)ccc3c2)c1. The molecule has 0 saturated heterocycles. The molecule has 0 aliphatic heterocycles. The van der Waals surface area contributed by atoms with Crippen LogP contribution in [0.1, 0.15) is 44.5 Å². The zero-order valence-electron chi connectivity index (χ0n) is 23.0. The highest BCUT2D eigenvalue weighted by Crippen LogP contribution is 2.23. The van der Waals surface area contributed by atoms with Gasteiger partial charge in [0.1, 0.15) is 0 Å². The molecule has 0 aliphatic carbocycles. The first-order chi connectivity index (χ1) is 19.6. The Labute approximate surface area is 237 Å². The average molecular weight is 513 g/mol. The third-order valence-corrected chi connectivity index (χ3v) is 7.27. The van der Waals surface area contributed by atoms with Gasteiger partial charge in [-0.15, -0.1) is 0 Å². The fourth-order valence-corrected chi connectivity index (χ4v) is 5.10. The molecule has 0 spiro atoms. The van der Waals surface area contributed by atoms with E-state index in [0.29, 0.717) is 0 Å². The fourth-order valence-electron chi connectivity index (χ4n) is 5.10. The number of hydrogen-bond acceptors (Lipinski definition) is 0. The highest BCUT2D eigenvalue weighted by Gasteiger charge is 1.99. The summed E-state index contributed by atoms with van der Waals surface area (Å²) in [6.07, 6.45) is 13.1. The van der Waals surface area contributed by atoms with Crippen molar-refractivity contribution in [3.63, 3.8) is 0 Å². The first-order valence-electron chi connectivity index (χ1n) is 13.8. The molecule has 0 aromatic heterocycles. The fraction of sp³-hybridized carbons (Fsp3) is 0.0500. The third-order valence-electron chi connectivity index (χ3n) is 7.27. The van der Waals surface area contributed by atoms with Crippen LogP contribution in [0.15, 0.2) is 121 Å². The summed E-state index contributed by atoms with van der Waals surface area (Å²) in [6, 6.07) is 43.8. The zero-order valence-corrected chi connectivity index (χ0v) is 23.0. The summed E-state index contributed by atoms with van der Waals surface area (Å²) in [5.41, 5.74) is 9.83. The van der Waals surface area contributed by atoms with E-state index in [4.69, 9.17) is 0 Å². The normalized spacial score (nSPS) is 11.9. The Kier molecular flexibility index (Phi) is 7.24. The Morgan fingerprint density at radius 2 is 0.575 bits per heavy atom. The van der Waals surface area contributed by atoms with Crippen LogP contribution in [0.5, 0.6) is 0 Å². The first kappa shape index (κ1) is 25.3. The predicted octanol–water partition coefficient (Wildman–Crippen LogP) is 11.1. The van der Waals surface area contributed by atoms with Crippen molar-refractivity contribution in [1.29, 1.82) is 0 Å². The highest BCUT2D eigenvalue weighted by molar-refractivity contribution is 5.91. The van der Waals surface area contributed by atoms with Gasteiger partial charge in [0.25, 0.3) is 0 Å². The first-order valence-corrected chi connectivity index (χ1v) is 13.8. The van der Waals surface area contributed by atoms with Crippen LogP contribution >= 0.6 is 0 Å². The second-order valence-electron chi connectivity index (χ2n) is 10.6. The van der Waals surface area contributed by atoms with Gasteiger partial charge >= 0.3 is 0 Å². The molecule has 6 rings (SSSR count). The minimum Gasteiger partial charge on any atom is -0.0614 e. The Hall–Kier alpha value is -4.94. The van der Waals surface area contributed by atoms with Gasteiger partial charge in [0.15, 0.2) is 0 Å². The molecule has 0 heterocycles. The summed E-state index contributed by atoms with van der Waals surface area (Å²) < 4.78 is 0. The lowest BCUT2D eigenvalue weighted by Gasteiger charge is -2.04. The van der Waals surface area contributed by atoms with Crippen LogP contribution in [0.25, 0.3) is 58.0 Å². The second-order valence-corrected chi connectivity index (χ2v) is 10.6. The van der Waals surface area contributed by atoms with E-state index in [2.05, 4.69) is 172 Å². The summed E-state index contributed by atoms with van der Waals surface area (Å²) in [7, 11) is 0. The topological polar surface area (TPSA) is 0 Å². The van der Waals surface area contributed by atoms with E-state index < -0.39 is 0 Å². The second kappa shape index (κ2) is 11.4. The van der Waals surface area contributed by atoms with Crippen LogP contribution in [0.3, 0.4) is 0 Å². The number of fused-ring (bicyclic) bond motifs is 2. The quantitative estimate of drug-likeness (QED) is 0.195. The molecule has 0 saturated carbocycles. The minimum atomic E-state index is 1.20.